The second-order valence-electron chi connectivity index (χ2n) is 8.40. The summed E-state index contributed by atoms with van der Waals surface area (Å²) < 4.78 is 1.99. The first kappa shape index (κ1) is 22.2. The molecule has 164 valence electrons. The highest BCUT2D eigenvalue weighted by molar-refractivity contribution is 6.42. The minimum absolute atomic E-state index is 0.0249. The zero-order valence-corrected chi connectivity index (χ0v) is 19.2. The molecule has 0 atom stereocenters. The van der Waals surface area contributed by atoms with Gasteiger partial charge >= 0.3 is 0 Å². The maximum atomic E-state index is 12.5. The van der Waals surface area contributed by atoms with Crippen LogP contribution in [0.25, 0.3) is 22.0 Å². The Kier molecular flexibility index (Phi) is 7.54. The molecule has 1 saturated carbocycles. The van der Waals surface area contributed by atoms with E-state index in [0.29, 0.717) is 23.1 Å². The van der Waals surface area contributed by atoms with Gasteiger partial charge in [-0.2, -0.15) is 0 Å². The van der Waals surface area contributed by atoms with Crippen LogP contribution in [-0.2, 0) is 11.3 Å². The molecule has 6 heteroatoms. The fourth-order valence-corrected chi connectivity index (χ4v) is 4.67. The maximum absolute atomic E-state index is 12.5. The highest BCUT2D eigenvalue weighted by Gasteiger charge is 2.13. The molecule has 4 nitrogen and oxygen atoms in total. The lowest BCUT2D eigenvalue weighted by molar-refractivity contribution is -0.121. The Hall–Kier alpha value is -2.01. The summed E-state index contributed by atoms with van der Waals surface area (Å²) in [5, 5.41) is 8.70. The molecule has 1 amide bonds. The fraction of sp³-hybridized carbons (Fsp3) is 0.400. The topological polar surface area (TPSA) is 46.1 Å². The van der Waals surface area contributed by atoms with Crippen LogP contribution in [-0.4, -0.2) is 30.1 Å². The Morgan fingerprint density at radius 1 is 0.935 bits per heavy atom. The number of carbonyl (C=O) groups excluding carboxylic acids is 1. The van der Waals surface area contributed by atoms with E-state index in [4.69, 9.17) is 23.2 Å². The molecule has 1 heterocycles. The van der Waals surface area contributed by atoms with E-state index in [1.807, 2.05) is 29.0 Å². The molecule has 2 N–H and O–H groups in total. The predicted molar refractivity (Wildman–Crippen MR) is 130 cm³/mol. The molecule has 0 unspecified atom stereocenters. The highest BCUT2D eigenvalue weighted by Crippen LogP contribution is 2.30. The molecule has 0 saturated heterocycles. The molecule has 31 heavy (non-hydrogen) atoms. The van der Waals surface area contributed by atoms with Crippen LogP contribution in [0.15, 0.2) is 48.7 Å². The van der Waals surface area contributed by atoms with E-state index in [0.717, 1.165) is 41.0 Å². The molecule has 1 aliphatic rings. The van der Waals surface area contributed by atoms with Crippen molar-refractivity contribution >= 4 is 40.0 Å². The summed E-state index contributed by atoms with van der Waals surface area (Å²) in [5.74, 6) is 0.831. The second-order valence-corrected chi connectivity index (χ2v) is 9.22. The van der Waals surface area contributed by atoms with E-state index in [1.54, 1.807) is 6.07 Å². The highest BCUT2D eigenvalue weighted by atomic mass is 35.5. The van der Waals surface area contributed by atoms with Crippen LogP contribution in [0.5, 0.6) is 0 Å². The van der Waals surface area contributed by atoms with Gasteiger partial charge in [-0.15, -0.1) is 0 Å². The van der Waals surface area contributed by atoms with Crippen LogP contribution in [0, 0.1) is 5.92 Å². The normalized spacial score (nSPS) is 14.8. The van der Waals surface area contributed by atoms with E-state index in [-0.39, 0.29) is 5.91 Å². The van der Waals surface area contributed by atoms with Gasteiger partial charge in [0.2, 0.25) is 5.91 Å². The van der Waals surface area contributed by atoms with E-state index < -0.39 is 0 Å². The van der Waals surface area contributed by atoms with Gasteiger partial charge in [-0.1, -0.05) is 60.7 Å². The number of amides is 1. The molecule has 2 aromatic carbocycles. The van der Waals surface area contributed by atoms with Crippen molar-refractivity contribution < 1.29 is 4.79 Å². The summed E-state index contributed by atoms with van der Waals surface area (Å²) in [5.41, 5.74) is 3.06. The summed E-state index contributed by atoms with van der Waals surface area (Å²) in [6.07, 6.45) is 8.75. The Morgan fingerprint density at radius 2 is 1.71 bits per heavy atom. The largest absolute Gasteiger partial charge is 0.353 e. The number of aromatic nitrogens is 1. The smallest absolute Gasteiger partial charge is 0.239 e. The van der Waals surface area contributed by atoms with Gasteiger partial charge in [0.25, 0.3) is 0 Å². The number of carbonyl (C=O) groups is 1. The molecule has 0 bridgehead atoms. The first-order chi connectivity index (χ1) is 15.1. The second kappa shape index (κ2) is 10.5. The Balaban J connectivity index is 1.32. The number of hydrogen-bond donors (Lipinski definition) is 2. The lowest BCUT2D eigenvalue weighted by Crippen LogP contribution is -2.35. The summed E-state index contributed by atoms with van der Waals surface area (Å²) in [6.45, 7) is 2.84. The summed E-state index contributed by atoms with van der Waals surface area (Å²) in [6, 6.07) is 13.9. The molecule has 0 radical (unpaired) electrons. The third-order valence-electron chi connectivity index (χ3n) is 6.12. The number of fused-ring (bicyclic) bond motifs is 1. The van der Waals surface area contributed by atoms with Crippen LogP contribution in [0.4, 0.5) is 0 Å². The zero-order chi connectivity index (χ0) is 21.6. The number of nitrogens with zero attached hydrogens (tertiary/aromatic N) is 1. The van der Waals surface area contributed by atoms with Crippen molar-refractivity contribution in [3.63, 3.8) is 0 Å². The quantitative estimate of drug-likeness (QED) is 0.413. The molecule has 0 aliphatic heterocycles. The van der Waals surface area contributed by atoms with Crippen molar-refractivity contribution in [3.8, 4) is 11.1 Å². The molecule has 0 spiro atoms. The van der Waals surface area contributed by atoms with Crippen LogP contribution in [0.3, 0.4) is 0 Å². The average Bonchev–Trinajstić information content (AvgIpc) is 3.18. The summed E-state index contributed by atoms with van der Waals surface area (Å²) in [4.78, 5) is 12.5. The molecule has 1 fully saturated rings. The van der Waals surface area contributed by atoms with Crippen molar-refractivity contribution in [1.82, 2.24) is 15.2 Å². The van der Waals surface area contributed by atoms with Crippen LogP contribution in [0.1, 0.15) is 32.1 Å². The van der Waals surface area contributed by atoms with Gasteiger partial charge in [0.1, 0.15) is 6.54 Å². The van der Waals surface area contributed by atoms with Gasteiger partial charge in [-0.25, -0.2) is 0 Å². The van der Waals surface area contributed by atoms with Crippen LogP contribution >= 0.6 is 23.2 Å². The third-order valence-corrected chi connectivity index (χ3v) is 6.86. The van der Waals surface area contributed by atoms with Gasteiger partial charge < -0.3 is 15.2 Å². The average molecular weight is 458 g/mol. The van der Waals surface area contributed by atoms with Crippen molar-refractivity contribution in [2.24, 2.45) is 5.92 Å². The third kappa shape index (κ3) is 5.82. The lowest BCUT2D eigenvalue weighted by Gasteiger charge is -2.21. The first-order valence-corrected chi connectivity index (χ1v) is 11.9. The number of benzene rings is 2. The maximum Gasteiger partial charge on any atom is 0.239 e. The first-order valence-electron chi connectivity index (χ1n) is 11.1. The van der Waals surface area contributed by atoms with Gasteiger partial charge in [-0.05, 0) is 66.1 Å². The van der Waals surface area contributed by atoms with E-state index in [1.165, 1.54) is 32.1 Å². The Labute approximate surface area is 193 Å². The molecule has 1 aromatic heterocycles. The molecule has 4 rings (SSSR count). The molecule has 3 aromatic rings. The number of halogens is 2. The number of rotatable bonds is 8. The van der Waals surface area contributed by atoms with Crippen molar-refractivity contribution in [3.05, 3.63) is 58.7 Å². The van der Waals surface area contributed by atoms with Gasteiger partial charge in [-0.3, -0.25) is 4.79 Å². The van der Waals surface area contributed by atoms with Crippen molar-refractivity contribution in [1.29, 1.82) is 0 Å². The molecular weight excluding hydrogens is 429 g/mol. The summed E-state index contributed by atoms with van der Waals surface area (Å²) >= 11 is 12.2. The number of hydrogen-bond acceptors (Lipinski definition) is 2. The van der Waals surface area contributed by atoms with Crippen molar-refractivity contribution in [2.45, 2.75) is 38.6 Å². The van der Waals surface area contributed by atoms with Crippen LogP contribution < -0.4 is 10.6 Å². The summed E-state index contributed by atoms with van der Waals surface area (Å²) in [7, 11) is 0. The van der Waals surface area contributed by atoms with Crippen LogP contribution in [0.2, 0.25) is 10.0 Å². The van der Waals surface area contributed by atoms with Gasteiger partial charge in [0.15, 0.2) is 0 Å². The molecular formula is C25H29Cl2N3O. The van der Waals surface area contributed by atoms with Gasteiger partial charge in [0.05, 0.1) is 10.0 Å². The van der Waals surface area contributed by atoms with Gasteiger partial charge in [0, 0.05) is 24.8 Å². The van der Waals surface area contributed by atoms with E-state index in [9.17, 15) is 4.79 Å². The lowest BCUT2D eigenvalue weighted by atomic mass is 9.89. The van der Waals surface area contributed by atoms with Crippen molar-refractivity contribution in [2.75, 3.05) is 19.6 Å². The Bertz CT molecular complexity index is 1040. The predicted octanol–water partition coefficient (Wildman–Crippen LogP) is 5.90. The fourth-order valence-electron chi connectivity index (χ4n) is 4.38. The van der Waals surface area contributed by atoms with E-state index in [2.05, 4.69) is 28.8 Å². The molecule has 1 aliphatic carbocycles. The monoisotopic (exact) mass is 457 g/mol. The minimum atomic E-state index is 0.0249. The standard InChI is InChI=1S/C25H29Cl2N3O/c26-22-9-8-20(14-23(22)27)21-7-6-19-10-13-30(24(19)15-21)17-25(31)29-12-11-28-16-18-4-2-1-3-5-18/h6-10,13-15,18,28H,1-5,11-12,16-17H2,(H,29,31). The minimum Gasteiger partial charge on any atom is -0.353 e. The Morgan fingerprint density at radius 3 is 2.52 bits per heavy atom. The van der Waals surface area contributed by atoms with E-state index >= 15 is 0 Å². The SMILES string of the molecule is O=C(Cn1ccc2ccc(-c3ccc(Cl)c(Cl)c3)cc21)NCCNCC1CCCCC1. The number of nitrogens with one attached hydrogen (secondary N) is 2. The zero-order valence-electron chi connectivity index (χ0n) is 17.7.